The van der Waals surface area contributed by atoms with Crippen LogP contribution in [0.25, 0.3) is 0 Å². The van der Waals surface area contributed by atoms with Gasteiger partial charge in [-0.15, -0.1) is 11.8 Å². The van der Waals surface area contributed by atoms with Crippen molar-refractivity contribution in [1.29, 1.82) is 0 Å². The van der Waals surface area contributed by atoms with Crippen LogP contribution in [0.3, 0.4) is 0 Å². The van der Waals surface area contributed by atoms with Gasteiger partial charge < -0.3 is 5.32 Å². The number of rotatable bonds is 0. The molecule has 1 heterocycles. The van der Waals surface area contributed by atoms with Crippen molar-refractivity contribution in [2.75, 3.05) is 12.3 Å². The number of nitrogens with one attached hydrogen (secondary N) is 1. The van der Waals surface area contributed by atoms with Gasteiger partial charge in [0, 0.05) is 23.6 Å². The molecule has 1 aliphatic heterocycles. The average molecular weight is 183 g/mol. The summed E-state index contributed by atoms with van der Waals surface area (Å²) in [7, 11) is 0. The minimum absolute atomic E-state index is 0.328. The zero-order valence-electron chi connectivity index (χ0n) is 7.06. The van der Waals surface area contributed by atoms with E-state index in [1.807, 2.05) is 11.8 Å². The summed E-state index contributed by atoms with van der Waals surface area (Å²) < 4.78 is 0. The molecule has 0 saturated heterocycles. The molecule has 1 N–H and O–H groups in total. The number of hydrogen-bond donors (Lipinski definition) is 1. The molecule has 2 rings (SSSR count). The third-order valence-electron chi connectivity index (χ3n) is 2.30. The normalized spacial score (nSPS) is 24.5. The Hall–Kier alpha value is -0.440. The third-order valence-corrected chi connectivity index (χ3v) is 3.46. The van der Waals surface area contributed by atoms with Crippen LogP contribution in [0.5, 0.6) is 0 Å². The molecule has 3 heteroatoms. The lowest BCUT2D eigenvalue weighted by Crippen LogP contribution is -2.26. The van der Waals surface area contributed by atoms with E-state index in [1.54, 1.807) is 0 Å². The maximum absolute atomic E-state index is 11.5. The first-order valence-electron chi connectivity index (χ1n) is 4.51. The number of carbonyl (C=O) groups excluding carboxylic acids is 1. The van der Waals surface area contributed by atoms with E-state index < -0.39 is 0 Å². The lowest BCUT2D eigenvalue weighted by molar-refractivity contribution is -0.115. The Labute approximate surface area is 76.8 Å². The molecule has 0 atom stereocenters. The van der Waals surface area contributed by atoms with Crippen LogP contribution in [0.2, 0.25) is 0 Å². The lowest BCUT2D eigenvalue weighted by atomic mass is 10.2. The summed E-state index contributed by atoms with van der Waals surface area (Å²) in [5, 5.41) is 3.22. The van der Waals surface area contributed by atoms with E-state index in [0.717, 1.165) is 37.3 Å². The highest BCUT2D eigenvalue weighted by Gasteiger charge is 2.21. The maximum Gasteiger partial charge on any atom is 0.179 e. The number of carbonyl (C=O) groups is 1. The fourth-order valence-corrected chi connectivity index (χ4v) is 2.74. The fourth-order valence-electron chi connectivity index (χ4n) is 1.67. The first-order valence-corrected chi connectivity index (χ1v) is 5.49. The molecular weight excluding hydrogens is 170 g/mol. The van der Waals surface area contributed by atoms with Gasteiger partial charge in [-0.2, -0.15) is 0 Å². The van der Waals surface area contributed by atoms with Gasteiger partial charge in [0.05, 0.1) is 5.70 Å². The van der Waals surface area contributed by atoms with Crippen molar-refractivity contribution in [3.63, 3.8) is 0 Å². The Balaban J connectivity index is 2.24. The van der Waals surface area contributed by atoms with Crippen molar-refractivity contribution >= 4 is 17.5 Å². The monoisotopic (exact) mass is 183 g/mol. The number of hydrogen-bond acceptors (Lipinski definition) is 3. The molecule has 0 bridgehead atoms. The summed E-state index contributed by atoms with van der Waals surface area (Å²) in [6.45, 7) is 0.954. The standard InChI is InChI=1S/C9H13NOS/c11-7-3-1-2-4-8-9(7)10-5-6-12-8/h10H,1-6H2. The predicted octanol–water partition coefficient (Wildman–Crippen LogP) is 1.68. The summed E-state index contributed by atoms with van der Waals surface area (Å²) in [6, 6.07) is 0. The van der Waals surface area contributed by atoms with Crippen molar-refractivity contribution in [3.05, 3.63) is 10.6 Å². The van der Waals surface area contributed by atoms with E-state index >= 15 is 0 Å². The molecule has 0 fully saturated rings. The molecular formula is C9H13NOS. The molecule has 66 valence electrons. The minimum atomic E-state index is 0.328. The fraction of sp³-hybridized carbons (Fsp3) is 0.667. The van der Waals surface area contributed by atoms with Crippen molar-refractivity contribution in [1.82, 2.24) is 5.32 Å². The van der Waals surface area contributed by atoms with Gasteiger partial charge in [0.2, 0.25) is 0 Å². The Bertz CT molecular complexity index is 235. The van der Waals surface area contributed by atoms with E-state index in [1.165, 1.54) is 11.3 Å². The number of thioether (sulfide) groups is 1. The summed E-state index contributed by atoms with van der Waals surface area (Å²) in [5.74, 6) is 1.45. The zero-order chi connectivity index (χ0) is 8.39. The molecule has 0 amide bonds. The van der Waals surface area contributed by atoms with E-state index in [-0.39, 0.29) is 0 Å². The van der Waals surface area contributed by atoms with Crippen LogP contribution in [0.15, 0.2) is 10.6 Å². The number of Topliss-reactive ketones (excluding diaryl/α,β-unsaturated/α-hetero) is 1. The summed E-state index contributed by atoms with van der Waals surface area (Å²) in [5.41, 5.74) is 0.934. The molecule has 0 aromatic rings. The van der Waals surface area contributed by atoms with Crippen molar-refractivity contribution in [3.8, 4) is 0 Å². The third kappa shape index (κ3) is 1.51. The second kappa shape index (κ2) is 3.52. The summed E-state index contributed by atoms with van der Waals surface area (Å²) in [6.07, 6.45) is 4.10. The highest BCUT2D eigenvalue weighted by atomic mass is 32.2. The van der Waals surface area contributed by atoms with Gasteiger partial charge in [-0.3, -0.25) is 4.79 Å². The van der Waals surface area contributed by atoms with Crippen LogP contribution in [0.1, 0.15) is 25.7 Å². The van der Waals surface area contributed by atoms with Crippen molar-refractivity contribution < 1.29 is 4.79 Å². The highest BCUT2D eigenvalue weighted by Crippen LogP contribution is 2.30. The van der Waals surface area contributed by atoms with E-state index in [4.69, 9.17) is 0 Å². The van der Waals surface area contributed by atoms with Crippen molar-refractivity contribution in [2.45, 2.75) is 25.7 Å². The van der Waals surface area contributed by atoms with Crippen LogP contribution >= 0.6 is 11.8 Å². The Morgan fingerprint density at radius 1 is 1.25 bits per heavy atom. The largest absolute Gasteiger partial charge is 0.381 e. The molecule has 1 aliphatic carbocycles. The Morgan fingerprint density at radius 3 is 3.00 bits per heavy atom. The van der Waals surface area contributed by atoms with E-state index in [9.17, 15) is 4.79 Å². The van der Waals surface area contributed by atoms with Crippen LogP contribution in [0.4, 0.5) is 0 Å². The maximum atomic E-state index is 11.5. The van der Waals surface area contributed by atoms with Gasteiger partial charge in [0.1, 0.15) is 0 Å². The van der Waals surface area contributed by atoms with Crippen LogP contribution < -0.4 is 5.32 Å². The second-order valence-corrected chi connectivity index (χ2v) is 4.39. The molecule has 12 heavy (non-hydrogen) atoms. The molecule has 0 unspecified atom stereocenters. The van der Waals surface area contributed by atoms with E-state index in [0.29, 0.717) is 5.78 Å². The first kappa shape index (κ1) is 8.17. The molecule has 0 aromatic carbocycles. The molecule has 0 aromatic heterocycles. The van der Waals surface area contributed by atoms with Gasteiger partial charge in [0.15, 0.2) is 5.78 Å². The molecule has 2 aliphatic rings. The quantitative estimate of drug-likeness (QED) is 0.619. The van der Waals surface area contributed by atoms with E-state index in [2.05, 4.69) is 5.32 Å². The van der Waals surface area contributed by atoms with Crippen molar-refractivity contribution in [2.24, 2.45) is 0 Å². The number of ketones is 1. The summed E-state index contributed by atoms with van der Waals surface area (Å²) >= 11 is 1.86. The molecule has 2 nitrogen and oxygen atoms in total. The van der Waals surface area contributed by atoms with Gasteiger partial charge in [0.25, 0.3) is 0 Å². The Morgan fingerprint density at radius 2 is 2.08 bits per heavy atom. The molecule has 0 radical (unpaired) electrons. The number of allylic oxidation sites excluding steroid dienone is 2. The second-order valence-electron chi connectivity index (χ2n) is 3.20. The van der Waals surface area contributed by atoms with Gasteiger partial charge in [-0.05, 0) is 19.3 Å². The SMILES string of the molecule is O=C1CCCCC2=C1NCCS2. The summed E-state index contributed by atoms with van der Waals surface area (Å²) in [4.78, 5) is 12.8. The van der Waals surface area contributed by atoms with Gasteiger partial charge >= 0.3 is 0 Å². The average Bonchev–Trinajstić information content (AvgIpc) is 2.29. The lowest BCUT2D eigenvalue weighted by Gasteiger charge is -2.18. The molecule has 0 saturated carbocycles. The minimum Gasteiger partial charge on any atom is -0.381 e. The van der Waals surface area contributed by atoms with Crippen LogP contribution in [0, 0.1) is 0 Å². The smallest absolute Gasteiger partial charge is 0.179 e. The van der Waals surface area contributed by atoms with Crippen LogP contribution in [-0.4, -0.2) is 18.1 Å². The highest BCUT2D eigenvalue weighted by molar-refractivity contribution is 8.03. The predicted molar refractivity (Wildman–Crippen MR) is 51.0 cm³/mol. The Kier molecular flexibility index (Phi) is 2.40. The van der Waals surface area contributed by atoms with Crippen LogP contribution in [-0.2, 0) is 4.79 Å². The first-order chi connectivity index (χ1) is 5.88. The van der Waals surface area contributed by atoms with Gasteiger partial charge in [-0.25, -0.2) is 0 Å². The van der Waals surface area contributed by atoms with Gasteiger partial charge in [-0.1, -0.05) is 0 Å². The topological polar surface area (TPSA) is 29.1 Å². The molecule has 0 spiro atoms. The zero-order valence-corrected chi connectivity index (χ0v) is 7.88.